The van der Waals surface area contributed by atoms with Crippen LogP contribution in [-0.2, 0) is 4.74 Å². The summed E-state index contributed by atoms with van der Waals surface area (Å²) >= 11 is 1.74. The van der Waals surface area contributed by atoms with Crippen LogP contribution in [0, 0.1) is 0 Å². The van der Waals surface area contributed by atoms with Crippen molar-refractivity contribution in [3.05, 3.63) is 29.3 Å². The first-order valence-electron chi connectivity index (χ1n) is 4.35. The second kappa shape index (κ2) is 2.53. The summed E-state index contributed by atoms with van der Waals surface area (Å²) < 4.78 is 6.63. The zero-order valence-corrected chi connectivity index (χ0v) is 8.04. The number of aromatic nitrogens is 1. The lowest BCUT2D eigenvalue weighted by molar-refractivity contribution is 0.383. The second-order valence-electron chi connectivity index (χ2n) is 3.28. The van der Waals surface area contributed by atoms with Crippen LogP contribution >= 0.6 is 11.3 Å². The van der Waals surface area contributed by atoms with Gasteiger partial charge < -0.3 is 4.74 Å². The number of benzene rings is 1. The topological polar surface area (TPSA) is 25.4 Å². The molecule has 0 aliphatic carbocycles. The van der Waals surface area contributed by atoms with Gasteiger partial charge in [0.2, 0.25) is 0 Å². The SMILES string of the molecule is C[C@@H]1O[C@H]1c1nc2ccccc2s1. The van der Waals surface area contributed by atoms with Crippen LogP contribution in [0.25, 0.3) is 10.2 Å². The molecule has 66 valence electrons. The van der Waals surface area contributed by atoms with Crippen molar-refractivity contribution in [1.82, 2.24) is 4.98 Å². The average molecular weight is 191 g/mol. The number of hydrogen-bond acceptors (Lipinski definition) is 3. The molecule has 2 atom stereocenters. The van der Waals surface area contributed by atoms with E-state index in [0.29, 0.717) is 6.10 Å². The van der Waals surface area contributed by atoms with Crippen molar-refractivity contribution in [3.8, 4) is 0 Å². The first kappa shape index (κ1) is 7.47. The molecule has 0 amide bonds. The Labute approximate surface area is 80.2 Å². The summed E-state index contributed by atoms with van der Waals surface area (Å²) in [7, 11) is 0. The van der Waals surface area contributed by atoms with Crippen LogP contribution in [0.5, 0.6) is 0 Å². The van der Waals surface area contributed by atoms with Gasteiger partial charge in [-0.3, -0.25) is 0 Å². The van der Waals surface area contributed by atoms with Gasteiger partial charge in [-0.05, 0) is 19.1 Å². The van der Waals surface area contributed by atoms with Crippen LogP contribution in [0.2, 0.25) is 0 Å². The molecule has 1 fully saturated rings. The number of thiazole rings is 1. The monoisotopic (exact) mass is 191 g/mol. The molecule has 0 bridgehead atoms. The maximum absolute atomic E-state index is 5.38. The first-order valence-corrected chi connectivity index (χ1v) is 5.17. The summed E-state index contributed by atoms with van der Waals surface area (Å²) in [4.78, 5) is 4.52. The molecular formula is C10H9NOS. The molecule has 3 heteroatoms. The predicted octanol–water partition coefficient (Wildman–Crippen LogP) is 2.76. The summed E-state index contributed by atoms with van der Waals surface area (Å²) in [6, 6.07) is 8.20. The summed E-state index contributed by atoms with van der Waals surface area (Å²) in [6.45, 7) is 2.08. The van der Waals surface area contributed by atoms with E-state index in [2.05, 4.69) is 18.0 Å². The van der Waals surface area contributed by atoms with Gasteiger partial charge in [0, 0.05) is 0 Å². The van der Waals surface area contributed by atoms with Gasteiger partial charge in [-0.15, -0.1) is 11.3 Å². The van der Waals surface area contributed by atoms with Gasteiger partial charge in [0.05, 0.1) is 16.3 Å². The molecule has 1 saturated heterocycles. The van der Waals surface area contributed by atoms with E-state index >= 15 is 0 Å². The van der Waals surface area contributed by atoms with Crippen molar-refractivity contribution >= 4 is 21.6 Å². The van der Waals surface area contributed by atoms with Crippen LogP contribution in [0.4, 0.5) is 0 Å². The Bertz CT molecular complexity index is 418. The Morgan fingerprint density at radius 1 is 1.38 bits per heavy atom. The Morgan fingerprint density at radius 2 is 2.15 bits per heavy atom. The average Bonchev–Trinajstić information content (AvgIpc) is 2.74. The molecule has 13 heavy (non-hydrogen) atoms. The van der Waals surface area contributed by atoms with Crippen LogP contribution in [0.3, 0.4) is 0 Å². The lowest BCUT2D eigenvalue weighted by Gasteiger charge is -1.81. The number of ether oxygens (including phenoxy) is 1. The van der Waals surface area contributed by atoms with Gasteiger partial charge in [-0.2, -0.15) is 0 Å². The minimum atomic E-state index is 0.261. The second-order valence-corrected chi connectivity index (χ2v) is 4.34. The number of para-hydroxylation sites is 1. The van der Waals surface area contributed by atoms with E-state index in [1.807, 2.05) is 18.2 Å². The Hall–Kier alpha value is -0.930. The van der Waals surface area contributed by atoms with Crippen molar-refractivity contribution in [1.29, 1.82) is 0 Å². The highest BCUT2D eigenvalue weighted by atomic mass is 32.1. The van der Waals surface area contributed by atoms with E-state index in [4.69, 9.17) is 4.74 Å². The van der Waals surface area contributed by atoms with E-state index in [9.17, 15) is 0 Å². The zero-order chi connectivity index (χ0) is 8.84. The third-order valence-corrected chi connectivity index (χ3v) is 3.36. The molecule has 1 aliphatic rings. The fraction of sp³-hybridized carbons (Fsp3) is 0.300. The van der Waals surface area contributed by atoms with E-state index in [1.165, 1.54) is 4.70 Å². The molecule has 3 rings (SSSR count). The van der Waals surface area contributed by atoms with Crippen molar-refractivity contribution in [2.75, 3.05) is 0 Å². The lowest BCUT2D eigenvalue weighted by atomic mass is 10.3. The molecule has 0 unspecified atom stereocenters. The van der Waals surface area contributed by atoms with Gasteiger partial charge in [0.15, 0.2) is 0 Å². The van der Waals surface area contributed by atoms with Crippen molar-refractivity contribution in [2.45, 2.75) is 19.1 Å². The lowest BCUT2D eigenvalue weighted by Crippen LogP contribution is -1.79. The van der Waals surface area contributed by atoms with Crippen LogP contribution in [-0.4, -0.2) is 11.1 Å². The maximum Gasteiger partial charge on any atom is 0.135 e. The van der Waals surface area contributed by atoms with E-state index in [0.717, 1.165) is 10.5 Å². The number of fused-ring (bicyclic) bond motifs is 1. The molecule has 0 N–H and O–H groups in total. The maximum atomic E-state index is 5.38. The number of epoxide rings is 1. The summed E-state index contributed by atoms with van der Waals surface area (Å²) in [6.07, 6.45) is 0.623. The molecule has 2 aromatic rings. The fourth-order valence-electron chi connectivity index (χ4n) is 1.46. The van der Waals surface area contributed by atoms with Gasteiger partial charge in [-0.25, -0.2) is 4.98 Å². The molecule has 0 spiro atoms. The normalized spacial score (nSPS) is 26.5. The highest BCUT2D eigenvalue weighted by molar-refractivity contribution is 7.18. The quantitative estimate of drug-likeness (QED) is 0.648. The summed E-state index contributed by atoms with van der Waals surface area (Å²) in [5.41, 5.74) is 1.09. The molecule has 2 nitrogen and oxygen atoms in total. The van der Waals surface area contributed by atoms with Gasteiger partial charge >= 0.3 is 0 Å². The van der Waals surface area contributed by atoms with E-state index in [-0.39, 0.29) is 6.10 Å². The largest absolute Gasteiger partial charge is 0.362 e. The predicted molar refractivity (Wildman–Crippen MR) is 52.9 cm³/mol. The third-order valence-electron chi connectivity index (χ3n) is 2.26. The smallest absolute Gasteiger partial charge is 0.135 e. The van der Waals surface area contributed by atoms with E-state index in [1.54, 1.807) is 11.3 Å². The summed E-state index contributed by atoms with van der Waals surface area (Å²) in [5.74, 6) is 0. The van der Waals surface area contributed by atoms with Gasteiger partial charge in [-0.1, -0.05) is 12.1 Å². The molecule has 1 aliphatic heterocycles. The van der Waals surface area contributed by atoms with Gasteiger partial charge in [0.1, 0.15) is 11.1 Å². The van der Waals surface area contributed by atoms with Crippen molar-refractivity contribution in [2.24, 2.45) is 0 Å². The number of rotatable bonds is 1. The number of hydrogen-bond donors (Lipinski definition) is 0. The fourth-order valence-corrected chi connectivity index (χ4v) is 2.55. The van der Waals surface area contributed by atoms with Crippen LogP contribution in [0.15, 0.2) is 24.3 Å². The van der Waals surface area contributed by atoms with E-state index < -0.39 is 0 Å². The van der Waals surface area contributed by atoms with Crippen LogP contribution < -0.4 is 0 Å². The first-order chi connectivity index (χ1) is 6.34. The minimum Gasteiger partial charge on any atom is -0.362 e. The van der Waals surface area contributed by atoms with Crippen molar-refractivity contribution < 1.29 is 4.74 Å². The molecule has 1 aromatic carbocycles. The summed E-state index contributed by atoms with van der Waals surface area (Å²) in [5, 5.41) is 1.12. The zero-order valence-electron chi connectivity index (χ0n) is 7.23. The van der Waals surface area contributed by atoms with Gasteiger partial charge in [0.25, 0.3) is 0 Å². The molecule has 0 radical (unpaired) electrons. The van der Waals surface area contributed by atoms with Crippen molar-refractivity contribution in [3.63, 3.8) is 0 Å². The minimum absolute atomic E-state index is 0.261. The Balaban J connectivity index is 2.12. The molecule has 1 aromatic heterocycles. The highest BCUT2D eigenvalue weighted by Crippen LogP contribution is 2.41. The van der Waals surface area contributed by atoms with Crippen LogP contribution in [0.1, 0.15) is 18.0 Å². The molecule has 2 heterocycles. The highest BCUT2D eigenvalue weighted by Gasteiger charge is 2.38. The Kier molecular flexibility index (Phi) is 1.45. The molecule has 0 saturated carbocycles. The third kappa shape index (κ3) is 1.16. The number of nitrogens with zero attached hydrogens (tertiary/aromatic N) is 1. The standard InChI is InChI=1S/C10H9NOS/c1-6-9(12-6)10-11-7-4-2-3-5-8(7)13-10/h2-6,9H,1H3/t6-,9+/m0/s1. The molecular weight excluding hydrogens is 182 g/mol. The Morgan fingerprint density at radius 3 is 2.85 bits per heavy atom.